The Hall–Kier alpha value is -1.42. The molecule has 0 saturated carbocycles. The van der Waals surface area contributed by atoms with E-state index in [4.69, 9.17) is 0 Å². The standard InChI is InChI=1S/C13H16FNO2/c1-9-4-5-11(12(14)7-9)13(17)15-6-2-3-10(16)8-15/h4-5,7,10,16H,2-3,6,8H2,1H3. The predicted octanol–water partition coefficient (Wildman–Crippen LogP) is 1.73. The molecule has 0 spiro atoms. The van der Waals surface area contributed by atoms with E-state index in [1.165, 1.54) is 17.0 Å². The molecule has 0 aliphatic carbocycles. The lowest BCUT2D eigenvalue weighted by Crippen LogP contribution is -2.42. The highest BCUT2D eigenvalue weighted by Crippen LogP contribution is 2.16. The maximum absolute atomic E-state index is 13.6. The summed E-state index contributed by atoms with van der Waals surface area (Å²) in [6.45, 7) is 2.66. The third-order valence-electron chi connectivity index (χ3n) is 3.04. The van der Waals surface area contributed by atoms with Gasteiger partial charge in [-0.25, -0.2) is 4.39 Å². The first kappa shape index (κ1) is 12.0. The summed E-state index contributed by atoms with van der Waals surface area (Å²) in [6.07, 6.45) is 0.988. The Labute approximate surface area is 99.9 Å². The Bertz CT molecular complexity index is 433. The fourth-order valence-corrected chi connectivity index (χ4v) is 2.10. The van der Waals surface area contributed by atoms with E-state index >= 15 is 0 Å². The van der Waals surface area contributed by atoms with Crippen LogP contribution in [0, 0.1) is 12.7 Å². The zero-order chi connectivity index (χ0) is 12.4. The van der Waals surface area contributed by atoms with Gasteiger partial charge in [0.2, 0.25) is 0 Å². The largest absolute Gasteiger partial charge is 0.391 e. The van der Waals surface area contributed by atoms with Crippen LogP contribution >= 0.6 is 0 Å². The highest BCUT2D eigenvalue weighted by Gasteiger charge is 2.24. The summed E-state index contributed by atoms with van der Waals surface area (Å²) < 4.78 is 13.6. The lowest BCUT2D eigenvalue weighted by Gasteiger charge is -2.30. The van der Waals surface area contributed by atoms with Crippen LogP contribution in [0.1, 0.15) is 28.8 Å². The Balaban J connectivity index is 2.18. The van der Waals surface area contributed by atoms with Crippen molar-refractivity contribution >= 4 is 5.91 Å². The molecule has 1 saturated heterocycles. The molecule has 92 valence electrons. The molecule has 1 heterocycles. The summed E-state index contributed by atoms with van der Waals surface area (Å²) in [5.41, 5.74) is 0.877. The second kappa shape index (κ2) is 4.84. The summed E-state index contributed by atoms with van der Waals surface area (Å²) >= 11 is 0. The van der Waals surface area contributed by atoms with E-state index in [1.54, 1.807) is 13.0 Å². The zero-order valence-corrected chi connectivity index (χ0v) is 9.82. The van der Waals surface area contributed by atoms with Crippen LogP contribution in [0.4, 0.5) is 4.39 Å². The van der Waals surface area contributed by atoms with Crippen molar-refractivity contribution in [1.82, 2.24) is 4.90 Å². The number of piperidine rings is 1. The van der Waals surface area contributed by atoms with Gasteiger partial charge in [-0.05, 0) is 37.5 Å². The number of β-amino-alcohol motifs (C(OH)–C–C–N with tert-alkyl or cyclic N) is 1. The summed E-state index contributed by atoms with van der Waals surface area (Å²) in [7, 11) is 0. The van der Waals surface area contributed by atoms with Gasteiger partial charge in [0.25, 0.3) is 5.91 Å². The maximum atomic E-state index is 13.6. The van der Waals surface area contributed by atoms with Gasteiger partial charge in [-0.3, -0.25) is 4.79 Å². The number of halogens is 1. The number of hydrogen-bond acceptors (Lipinski definition) is 2. The molecule has 2 rings (SSSR count). The molecule has 17 heavy (non-hydrogen) atoms. The van der Waals surface area contributed by atoms with Gasteiger partial charge in [0.15, 0.2) is 0 Å². The Morgan fingerprint density at radius 2 is 2.29 bits per heavy atom. The van der Waals surface area contributed by atoms with Crippen LogP contribution in [0.2, 0.25) is 0 Å². The molecule has 3 nitrogen and oxygen atoms in total. The van der Waals surface area contributed by atoms with Crippen molar-refractivity contribution in [1.29, 1.82) is 0 Å². The number of rotatable bonds is 1. The molecule has 1 aromatic carbocycles. The van der Waals surface area contributed by atoms with Crippen molar-refractivity contribution in [2.24, 2.45) is 0 Å². The number of nitrogens with zero attached hydrogens (tertiary/aromatic N) is 1. The average molecular weight is 237 g/mol. The Kier molecular flexibility index (Phi) is 3.43. The summed E-state index contributed by atoms with van der Waals surface area (Å²) in [4.78, 5) is 13.6. The fraction of sp³-hybridized carbons (Fsp3) is 0.462. The number of aliphatic hydroxyl groups is 1. The minimum absolute atomic E-state index is 0.0877. The molecule has 1 unspecified atom stereocenters. The molecule has 1 aromatic rings. The lowest BCUT2D eigenvalue weighted by molar-refractivity contribution is 0.0470. The van der Waals surface area contributed by atoms with Crippen LogP contribution in [0.3, 0.4) is 0 Å². The molecule has 0 aromatic heterocycles. The molecular formula is C13H16FNO2. The molecule has 0 bridgehead atoms. The first-order valence-electron chi connectivity index (χ1n) is 5.81. The van der Waals surface area contributed by atoms with E-state index in [-0.39, 0.29) is 11.5 Å². The van der Waals surface area contributed by atoms with Crippen molar-refractivity contribution in [3.05, 3.63) is 35.1 Å². The van der Waals surface area contributed by atoms with E-state index in [1.807, 2.05) is 0 Å². The maximum Gasteiger partial charge on any atom is 0.256 e. The normalized spacial score (nSPS) is 20.4. The molecule has 1 N–H and O–H groups in total. The quantitative estimate of drug-likeness (QED) is 0.808. The summed E-state index contributed by atoms with van der Waals surface area (Å²) in [5.74, 6) is -0.823. The first-order chi connectivity index (χ1) is 8.08. The molecule has 1 fully saturated rings. The highest BCUT2D eigenvalue weighted by molar-refractivity contribution is 5.94. The van der Waals surface area contributed by atoms with Gasteiger partial charge in [0, 0.05) is 13.1 Å². The minimum Gasteiger partial charge on any atom is -0.391 e. The number of aryl methyl sites for hydroxylation is 1. The van der Waals surface area contributed by atoms with Crippen LogP contribution in [-0.4, -0.2) is 35.1 Å². The molecular weight excluding hydrogens is 221 g/mol. The number of likely N-dealkylation sites (tertiary alicyclic amines) is 1. The number of aliphatic hydroxyl groups excluding tert-OH is 1. The molecule has 1 atom stereocenters. The van der Waals surface area contributed by atoms with Gasteiger partial charge in [-0.2, -0.15) is 0 Å². The van der Waals surface area contributed by atoms with Gasteiger partial charge >= 0.3 is 0 Å². The number of carbonyl (C=O) groups is 1. The van der Waals surface area contributed by atoms with Gasteiger partial charge in [-0.1, -0.05) is 6.07 Å². The molecule has 1 aliphatic rings. The van der Waals surface area contributed by atoms with Crippen LogP contribution in [-0.2, 0) is 0 Å². The second-order valence-corrected chi connectivity index (χ2v) is 4.53. The van der Waals surface area contributed by atoms with Gasteiger partial charge in [0.05, 0.1) is 11.7 Å². The average Bonchev–Trinajstić information content (AvgIpc) is 2.28. The number of carbonyl (C=O) groups excluding carboxylic acids is 1. The van der Waals surface area contributed by atoms with Gasteiger partial charge in [0.1, 0.15) is 5.82 Å². The SMILES string of the molecule is Cc1ccc(C(=O)N2CCCC(O)C2)c(F)c1. The predicted molar refractivity (Wildman–Crippen MR) is 62.3 cm³/mol. The number of amides is 1. The fourth-order valence-electron chi connectivity index (χ4n) is 2.10. The Morgan fingerprint density at radius 1 is 1.53 bits per heavy atom. The van der Waals surface area contributed by atoms with E-state index in [0.29, 0.717) is 19.5 Å². The minimum atomic E-state index is -0.491. The van der Waals surface area contributed by atoms with Crippen LogP contribution in [0.25, 0.3) is 0 Å². The summed E-state index contributed by atoms with van der Waals surface area (Å²) in [5, 5.41) is 9.50. The Morgan fingerprint density at radius 3 is 2.94 bits per heavy atom. The highest BCUT2D eigenvalue weighted by atomic mass is 19.1. The third kappa shape index (κ3) is 2.64. The molecule has 0 radical (unpaired) electrons. The smallest absolute Gasteiger partial charge is 0.256 e. The zero-order valence-electron chi connectivity index (χ0n) is 9.82. The van der Waals surface area contributed by atoms with E-state index in [9.17, 15) is 14.3 Å². The third-order valence-corrected chi connectivity index (χ3v) is 3.04. The number of benzene rings is 1. The van der Waals surface area contributed by atoms with Crippen molar-refractivity contribution in [3.8, 4) is 0 Å². The second-order valence-electron chi connectivity index (χ2n) is 4.53. The van der Waals surface area contributed by atoms with Crippen molar-refractivity contribution < 1.29 is 14.3 Å². The first-order valence-corrected chi connectivity index (χ1v) is 5.81. The molecule has 4 heteroatoms. The van der Waals surface area contributed by atoms with E-state index < -0.39 is 11.9 Å². The van der Waals surface area contributed by atoms with E-state index in [2.05, 4.69) is 0 Å². The van der Waals surface area contributed by atoms with Crippen LogP contribution in [0.15, 0.2) is 18.2 Å². The van der Waals surface area contributed by atoms with Gasteiger partial charge < -0.3 is 10.0 Å². The monoisotopic (exact) mass is 237 g/mol. The lowest BCUT2D eigenvalue weighted by atomic mass is 10.1. The van der Waals surface area contributed by atoms with E-state index in [0.717, 1.165) is 12.0 Å². The molecule has 1 aliphatic heterocycles. The number of hydrogen-bond donors (Lipinski definition) is 1. The summed E-state index contributed by atoms with van der Waals surface area (Å²) in [6, 6.07) is 4.58. The van der Waals surface area contributed by atoms with Crippen LogP contribution < -0.4 is 0 Å². The van der Waals surface area contributed by atoms with Crippen molar-refractivity contribution in [2.75, 3.05) is 13.1 Å². The molecule has 1 amide bonds. The van der Waals surface area contributed by atoms with Crippen molar-refractivity contribution in [2.45, 2.75) is 25.9 Å². The topological polar surface area (TPSA) is 40.5 Å². The van der Waals surface area contributed by atoms with Crippen molar-refractivity contribution in [3.63, 3.8) is 0 Å². The van der Waals surface area contributed by atoms with Crippen LogP contribution in [0.5, 0.6) is 0 Å². The van der Waals surface area contributed by atoms with Gasteiger partial charge in [-0.15, -0.1) is 0 Å².